The van der Waals surface area contributed by atoms with E-state index in [1.807, 2.05) is 6.07 Å². The Hall–Kier alpha value is -3.48. The van der Waals surface area contributed by atoms with E-state index in [9.17, 15) is 22.4 Å². The number of nitrogens with one attached hydrogen (secondary N) is 1. The predicted octanol–water partition coefficient (Wildman–Crippen LogP) is 3.54. The van der Waals surface area contributed by atoms with Gasteiger partial charge in [0.05, 0.1) is 29.2 Å². The molecule has 2 aromatic heterocycles. The second kappa shape index (κ2) is 7.03. The summed E-state index contributed by atoms with van der Waals surface area (Å²) in [6.07, 6.45) is -3.81. The highest BCUT2D eigenvalue weighted by Gasteiger charge is 2.33. The number of hydrogen-bond donors (Lipinski definition) is 1. The first-order chi connectivity index (χ1) is 12.8. The van der Waals surface area contributed by atoms with Crippen LogP contribution in [0.2, 0.25) is 0 Å². The third kappa shape index (κ3) is 3.72. The molecule has 3 rings (SSSR count). The molecule has 0 radical (unpaired) electrons. The van der Waals surface area contributed by atoms with Crippen molar-refractivity contribution < 1.29 is 22.4 Å². The highest BCUT2D eigenvalue weighted by molar-refractivity contribution is 6.04. The number of aromatic nitrogens is 3. The van der Waals surface area contributed by atoms with E-state index < -0.39 is 24.5 Å². The number of fused-ring (bicyclic) bond motifs is 1. The summed E-state index contributed by atoms with van der Waals surface area (Å²) >= 11 is 0. The molecule has 6 nitrogen and oxygen atoms in total. The molecule has 0 fully saturated rings. The number of rotatable bonds is 4. The first kappa shape index (κ1) is 18.3. The lowest BCUT2D eigenvalue weighted by Crippen LogP contribution is -2.18. The van der Waals surface area contributed by atoms with Crippen LogP contribution in [0.1, 0.15) is 21.6 Å². The highest BCUT2D eigenvalue weighted by atomic mass is 19.4. The zero-order chi connectivity index (χ0) is 19.6. The standard InChI is InChI=1S/C17H11F4N5O/c18-4-6-26-13-7-10(9-22)1-2-12(13)24-16(26)25-15(27)11-3-5-23-14(8-11)17(19,20)21/h1-3,5,7-8H,4,6H2,(H,24,25,27). The first-order valence-electron chi connectivity index (χ1n) is 7.64. The first-order valence-corrected chi connectivity index (χ1v) is 7.64. The fourth-order valence-corrected chi connectivity index (χ4v) is 2.50. The maximum atomic E-state index is 12.9. The van der Waals surface area contributed by atoms with Crippen molar-refractivity contribution in [1.29, 1.82) is 5.26 Å². The molecule has 1 amide bonds. The molecule has 138 valence electrons. The van der Waals surface area contributed by atoms with Crippen molar-refractivity contribution in [1.82, 2.24) is 14.5 Å². The van der Waals surface area contributed by atoms with Crippen LogP contribution in [0.25, 0.3) is 11.0 Å². The van der Waals surface area contributed by atoms with E-state index in [0.29, 0.717) is 22.7 Å². The van der Waals surface area contributed by atoms with E-state index in [4.69, 9.17) is 5.26 Å². The Labute approximate surface area is 150 Å². The lowest BCUT2D eigenvalue weighted by Gasteiger charge is -2.10. The fourth-order valence-electron chi connectivity index (χ4n) is 2.50. The number of anilines is 1. The fraction of sp³-hybridized carbons (Fsp3) is 0.176. The second-order valence-corrected chi connectivity index (χ2v) is 5.47. The molecule has 0 bridgehead atoms. The van der Waals surface area contributed by atoms with Gasteiger partial charge in [-0.3, -0.25) is 15.1 Å². The van der Waals surface area contributed by atoms with Gasteiger partial charge in [0.2, 0.25) is 5.95 Å². The van der Waals surface area contributed by atoms with Crippen molar-refractivity contribution in [2.45, 2.75) is 12.7 Å². The van der Waals surface area contributed by atoms with Gasteiger partial charge in [-0.05, 0) is 30.3 Å². The summed E-state index contributed by atoms with van der Waals surface area (Å²) in [7, 11) is 0. The minimum Gasteiger partial charge on any atom is -0.307 e. The van der Waals surface area contributed by atoms with E-state index in [0.717, 1.165) is 12.3 Å². The largest absolute Gasteiger partial charge is 0.433 e. The quantitative estimate of drug-likeness (QED) is 0.705. The number of carbonyl (C=O) groups excluding carboxylic acids is 1. The summed E-state index contributed by atoms with van der Waals surface area (Å²) < 4.78 is 52.5. The summed E-state index contributed by atoms with van der Waals surface area (Å²) in [6.45, 7) is -0.913. The maximum Gasteiger partial charge on any atom is 0.433 e. The second-order valence-electron chi connectivity index (χ2n) is 5.47. The molecular weight excluding hydrogens is 366 g/mol. The van der Waals surface area contributed by atoms with Crippen LogP contribution in [0.5, 0.6) is 0 Å². The van der Waals surface area contributed by atoms with Gasteiger partial charge < -0.3 is 4.57 Å². The molecule has 0 spiro atoms. The number of pyridine rings is 1. The number of nitrogens with zero attached hydrogens (tertiary/aromatic N) is 4. The minimum atomic E-state index is -4.69. The summed E-state index contributed by atoms with van der Waals surface area (Å²) in [4.78, 5) is 19.7. The smallest absolute Gasteiger partial charge is 0.307 e. The van der Waals surface area contributed by atoms with Gasteiger partial charge in [0, 0.05) is 11.8 Å². The SMILES string of the molecule is N#Cc1ccc2nc(NC(=O)c3ccnc(C(F)(F)F)c3)n(CCF)c2c1. The number of carbonyl (C=O) groups is 1. The van der Waals surface area contributed by atoms with Gasteiger partial charge in [0.25, 0.3) is 5.91 Å². The molecule has 1 aromatic carbocycles. The van der Waals surface area contributed by atoms with E-state index in [2.05, 4.69) is 15.3 Å². The molecule has 0 saturated carbocycles. The number of nitriles is 1. The number of alkyl halides is 4. The van der Waals surface area contributed by atoms with Gasteiger partial charge in [-0.25, -0.2) is 9.37 Å². The molecule has 0 aliphatic carbocycles. The molecule has 2 heterocycles. The van der Waals surface area contributed by atoms with Gasteiger partial charge >= 0.3 is 6.18 Å². The molecule has 0 aliphatic rings. The molecule has 27 heavy (non-hydrogen) atoms. The zero-order valence-corrected chi connectivity index (χ0v) is 13.6. The third-order valence-corrected chi connectivity index (χ3v) is 3.72. The minimum absolute atomic E-state index is 0.0342. The van der Waals surface area contributed by atoms with Crippen molar-refractivity contribution in [2.75, 3.05) is 12.0 Å². The Bertz CT molecular complexity index is 1050. The van der Waals surface area contributed by atoms with Gasteiger partial charge in [0.15, 0.2) is 0 Å². The van der Waals surface area contributed by atoms with Crippen LogP contribution < -0.4 is 5.32 Å². The van der Waals surface area contributed by atoms with Crippen molar-refractivity contribution in [3.63, 3.8) is 0 Å². The normalized spacial score (nSPS) is 11.4. The average molecular weight is 377 g/mol. The van der Waals surface area contributed by atoms with Crippen LogP contribution in [0.4, 0.5) is 23.5 Å². The molecular formula is C17H11F4N5O. The Morgan fingerprint density at radius 2 is 2.04 bits per heavy atom. The van der Waals surface area contributed by atoms with Gasteiger partial charge in [0.1, 0.15) is 12.4 Å². The third-order valence-electron chi connectivity index (χ3n) is 3.72. The number of benzene rings is 1. The summed E-state index contributed by atoms with van der Waals surface area (Å²) in [5, 5.41) is 11.4. The Balaban J connectivity index is 1.98. The monoisotopic (exact) mass is 377 g/mol. The van der Waals surface area contributed by atoms with Gasteiger partial charge in [-0.1, -0.05) is 0 Å². The van der Waals surface area contributed by atoms with Gasteiger partial charge in [-0.2, -0.15) is 18.4 Å². The average Bonchev–Trinajstić information content (AvgIpc) is 2.98. The van der Waals surface area contributed by atoms with E-state index in [-0.39, 0.29) is 18.1 Å². The van der Waals surface area contributed by atoms with Crippen molar-refractivity contribution in [3.8, 4) is 6.07 Å². The summed E-state index contributed by atoms with van der Waals surface area (Å²) in [6, 6.07) is 8.23. The molecule has 10 heteroatoms. The summed E-state index contributed by atoms with van der Waals surface area (Å²) in [5.74, 6) is -0.882. The van der Waals surface area contributed by atoms with E-state index in [1.165, 1.54) is 22.8 Å². The highest BCUT2D eigenvalue weighted by Crippen LogP contribution is 2.28. The van der Waals surface area contributed by atoms with Crippen LogP contribution >= 0.6 is 0 Å². The number of hydrogen-bond acceptors (Lipinski definition) is 4. The van der Waals surface area contributed by atoms with Crippen molar-refractivity contribution in [2.24, 2.45) is 0 Å². The number of aryl methyl sites for hydroxylation is 1. The Morgan fingerprint density at radius 3 is 2.70 bits per heavy atom. The Morgan fingerprint density at radius 1 is 1.26 bits per heavy atom. The van der Waals surface area contributed by atoms with Crippen molar-refractivity contribution >= 4 is 22.9 Å². The molecule has 0 atom stereocenters. The molecule has 0 unspecified atom stereocenters. The van der Waals surface area contributed by atoms with Crippen molar-refractivity contribution in [3.05, 3.63) is 53.3 Å². The number of imidazole rings is 1. The van der Waals surface area contributed by atoms with Crippen LogP contribution in [0.15, 0.2) is 36.5 Å². The maximum absolute atomic E-state index is 12.9. The van der Waals surface area contributed by atoms with E-state index in [1.54, 1.807) is 0 Å². The Kier molecular flexibility index (Phi) is 4.77. The zero-order valence-electron chi connectivity index (χ0n) is 13.6. The lowest BCUT2D eigenvalue weighted by molar-refractivity contribution is -0.141. The molecule has 3 aromatic rings. The van der Waals surface area contributed by atoms with Crippen LogP contribution in [0.3, 0.4) is 0 Å². The summed E-state index contributed by atoms with van der Waals surface area (Å²) in [5.41, 5.74) is -0.319. The predicted molar refractivity (Wildman–Crippen MR) is 87.6 cm³/mol. The number of halogens is 4. The lowest BCUT2D eigenvalue weighted by atomic mass is 10.2. The van der Waals surface area contributed by atoms with Crippen LogP contribution in [-0.4, -0.2) is 27.1 Å². The number of amides is 1. The molecule has 1 N–H and O–H groups in total. The van der Waals surface area contributed by atoms with E-state index >= 15 is 0 Å². The van der Waals surface area contributed by atoms with Crippen LogP contribution in [0, 0.1) is 11.3 Å². The van der Waals surface area contributed by atoms with Crippen LogP contribution in [-0.2, 0) is 12.7 Å². The molecule has 0 saturated heterocycles. The topological polar surface area (TPSA) is 83.6 Å². The van der Waals surface area contributed by atoms with Gasteiger partial charge in [-0.15, -0.1) is 0 Å². The molecule has 0 aliphatic heterocycles.